The minimum atomic E-state index is -0.459. The maximum atomic E-state index is 11.8. The van der Waals surface area contributed by atoms with E-state index in [1.807, 2.05) is 13.0 Å². The lowest BCUT2D eigenvalue weighted by Gasteiger charge is -2.12. The van der Waals surface area contributed by atoms with Crippen LogP contribution in [0.4, 0.5) is 5.82 Å². The number of aromatic nitrogens is 1. The fourth-order valence-electron chi connectivity index (χ4n) is 1.44. The van der Waals surface area contributed by atoms with Crippen molar-refractivity contribution < 1.29 is 4.79 Å². The van der Waals surface area contributed by atoms with E-state index in [1.165, 1.54) is 0 Å². The second-order valence-electron chi connectivity index (χ2n) is 4.06. The van der Waals surface area contributed by atoms with Crippen LogP contribution < -0.4 is 11.1 Å². The van der Waals surface area contributed by atoms with Crippen molar-refractivity contribution in [2.24, 2.45) is 5.73 Å². The highest BCUT2D eigenvalue weighted by atomic mass is 79.9. The van der Waals surface area contributed by atoms with E-state index in [1.54, 1.807) is 6.20 Å². The van der Waals surface area contributed by atoms with E-state index >= 15 is 0 Å². The smallest absolute Gasteiger partial charge is 0.242 e. The van der Waals surface area contributed by atoms with Crippen LogP contribution in [0.1, 0.15) is 31.7 Å². The first kappa shape index (κ1) is 14.1. The molecular formula is C12H18BrN3O. The van der Waals surface area contributed by atoms with Crippen LogP contribution in [0.2, 0.25) is 0 Å². The van der Waals surface area contributed by atoms with E-state index in [2.05, 4.69) is 33.2 Å². The maximum absolute atomic E-state index is 11.8. The Labute approximate surface area is 110 Å². The molecule has 1 rings (SSSR count). The molecule has 3 N–H and O–H groups in total. The summed E-state index contributed by atoms with van der Waals surface area (Å²) in [5.74, 6) is 0.404. The van der Waals surface area contributed by atoms with Gasteiger partial charge in [0.15, 0.2) is 0 Å². The van der Waals surface area contributed by atoms with E-state index in [0.717, 1.165) is 22.9 Å². The molecule has 1 atom stereocenters. The molecule has 17 heavy (non-hydrogen) atoms. The number of nitrogens with two attached hydrogens (primary N) is 1. The lowest BCUT2D eigenvalue weighted by Crippen LogP contribution is -2.35. The number of pyridine rings is 1. The predicted octanol–water partition coefficient (Wildman–Crippen LogP) is 2.61. The minimum absolute atomic E-state index is 0.170. The molecule has 0 spiro atoms. The molecule has 0 aliphatic rings. The summed E-state index contributed by atoms with van der Waals surface area (Å²) in [5.41, 5.74) is 6.69. The highest BCUT2D eigenvalue weighted by molar-refractivity contribution is 9.10. The summed E-state index contributed by atoms with van der Waals surface area (Å²) in [5, 5.41) is 2.75. The van der Waals surface area contributed by atoms with Crippen molar-refractivity contribution in [3.05, 3.63) is 22.3 Å². The van der Waals surface area contributed by atoms with Gasteiger partial charge in [0.05, 0.1) is 6.04 Å². The second kappa shape index (κ2) is 6.71. The topological polar surface area (TPSA) is 68.0 Å². The fraction of sp³-hybridized carbons (Fsp3) is 0.500. The number of aryl methyl sites for hydroxylation is 1. The summed E-state index contributed by atoms with van der Waals surface area (Å²) in [6.45, 7) is 3.97. The zero-order chi connectivity index (χ0) is 12.8. The normalized spacial score (nSPS) is 12.2. The van der Waals surface area contributed by atoms with Crippen molar-refractivity contribution >= 4 is 27.7 Å². The van der Waals surface area contributed by atoms with Gasteiger partial charge in [-0.15, -0.1) is 0 Å². The predicted molar refractivity (Wildman–Crippen MR) is 72.8 cm³/mol. The number of hydrogen-bond acceptors (Lipinski definition) is 3. The molecule has 0 fully saturated rings. The maximum Gasteiger partial charge on any atom is 0.242 e. The van der Waals surface area contributed by atoms with E-state index in [4.69, 9.17) is 5.73 Å². The van der Waals surface area contributed by atoms with Crippen molar-refractivity contribution in [2.75, 3.05) is 5.32 Å². The third-order valence-electron chi connectivity index (χ3n) is 2.49. The summed E-state index contributed by atoms with van der Waals surface area (Å²) in [6, 6.07) is 1.44. The van der Waals surface area contributed by atoms with Gasteiger partial charge in [0.25, 0.3) is 0 Å². The zero-order valence-electron chi connectivity index (χ0n) is 10.2. The van der Waals surface area contributed by atoms with Gasteiger partial charge < -0.3 is 11.1 Å². The Kier molecular flexibility index (Phi) is 5.58. The van der Waals surface area contributed by atoms with Gasteiger partial charge in [0, 0.05) is 10.7 Å². The molecule has 0 saturated heterocycles. The Balaban J connectivity index is 2.61. The van der Waals surface area contributed by atoms with E-state index < -0.39 is 6.04 Å². The van der Waals surface area contributed by atoms with Gasteiger partial charge in [0.2, 0.25) is 5.91 Å². The van der Waals surface area contributed by atoms with Crippen molar-refractivity contribution in [3.63, 3.8) is 0 Å². The monoisotopic (exact) mass is 299 g/mol. The quantitative estimate of drug-likeness (QED) is 0.878. The molecule has 4 nitrogen and oxygen atoms in total. The van der Waals surface area contributed by atoms with Gasteiger partial charge in [-0.3, -0.25) is 4.79 Å². The minimum Gasteiger partial charge on any atom is -0.320 e. The Bertz CT molecular complexity index is 395. The highest BCUT2D eigenvalue weighted by Crippen LogP contribution is 2.17. The molecule has 0 unspecified atom stereocenters. The Morgan fingerprint density at radius 2 is 2.35 bits per heavy atom. The van der Waals surface area contributed by atoms with Crippen LogP contribution in [0.5, 0.6) is 0 Å². The first-order valence-electron chi connectivity index (χ1n) is 5.73. The van der Waals surface area contributed by atoms with Crippen LogP contribution in [0.25, 0.3) is 0 Å². The second-order valence-corrected chi connectivity index (χ2v) is 4.97. The summed E-state index contributed by atoms with van der Waals surface area (Å²) >= 11 is 3.33. The lowest BCUT2D eigenvalue weighted by atomic mass is 10.1. The Morgan fingerprint density at radius 1 is 1.65 bits per heavy atom. The third kappa shape index (κ3) is 4.44. The molecule has 0 saturated carbocycles. The molecule has 5 heteroatoms. The van der Waals surface area contributed by atoms with Gasteiger partial charge in [-0.1, -0.05) is 19.8 Å². The zero-order valence-corrected chi connectivity index (χ0v) is 11.8. The molecule has 1 aromatic heterocycles. The number of carbonyl (C=O) groups is 1. The van der Waals surface area contributed by atoms with Crippen LogP contribution in [0.15, 0.2) is 16.7 Å². The molecule has 1 heterocycles. The van der Waals surface area contributed by atoms with Crippen LogP contribution in [-0.2, 0) is 4.79 Å². The van der Waals surface area contributed by atoms with Crippen molar-refractivity contribution in [1.29, 1.82) is 0 Å². The lowest BCUT2D eigenvalue weighted by molar-refractivity contribution is -0.117. The average molecular weight is 300 g/mol. The number of unbranched alkanes of at least 4 members (excludes halogenated alkanes) is 1. The number of halogens is 1. The molecule has 0 radical (unpaired) electrons. The summed E-state index contributed by atoms with van der Waals surface area (Å²) < 4.78 is 0.892. The Hall–Kier alpha value is -0.940. The van der Waals surface area contributed by atoms with Gasteiger partial charge in [-0.05, 0) is 40.9 Å². The molecule has 94 valence electrons. The molecule has 1 amide bonds. The fourth-order valence-corrected chi connectivity index (χ4v) is 1.88. The van der Waals surface area contributed by atoms with Crippen molar-refractivity contribution in [3.8, 4) is 0 Å². The van der Waals surface area contributed by atoms with E-state index in [0.29, 0.717) is 12.2 Å². The summed E-state index contributed by atoms with van der Waals surface area (Å²) in [4.78, 5) is 15.9. The highest BCUT2D eigenvalue weighted by Gasteiger charge is 2.14. The van der Waals surface area contributed by atoms with E-state index in [9.17, 15) is 4.79 Å². The number of nitrogens with zero attached hydrogens (tertiary/aromatic N) is 1. The van der Waals surface area contributed by atoms with Gasteiger partial charge >= 0.3 is 0 Å². The number of anilines is 1. The van der Waals surface area contributed by atoms with Crippen molar-refractivity contribution in [2.45, 2.75) is 39.2 Å². The third-order valence-corrected chi connectivity index (χ3v) is 2.93. The number of carbonyl (C=O) groups excluding carboxylic acids is 1. The molecule has 1 aromatic rings. The van der Waals surface area contributed by atoms with Gasteiger partial charge in [-0.2, -0.15) is 0 Å². The largest absolute Gasteiger partial charge is 0.320 e. The first-order chi connectivity index (χ1) is 8.04. The van der Waals surface area contributed by atoms with Crippen LogP contribution in [-0.4, -0.2) is 16.9 Å². The molecular weight excluding hydrogens is 282 g/mol. The first-order valence-corrected chi connectivity index (χ1v) is 6.52. The SMILES string of the molecule is CCCC[C@H](N)C(=O)Nc1ncc(Br)cc1C. The summed E-state index contributed by atoms with van der Waals surface area (Å²) in [7, 11) is 0. The molecule has 0 aliphatic carbocycles. The average Bonchev–Trinajstić information content (AvgIpc) is 2.29. The van der Waals surface area contributed by atoms with Gasteiger partial charge in [0.1, 0.15) is 5.82 Å². The van der Waals surface area contributed by atoms with Crippen LogP contribution in [0.3, 0.4) is 0 Å². The molecule has 0 bridgehead atoms. The number of rotatable bonds is 5. The molecule has 0 aliphatic heterocycles. The Morgan fingerprint density at radius 3 is 2.94 bits per heavy atom. The van der Waals surface area contributed by atoms with Crippen molar-refractivity contribution in [1.82, 2.24) is 4.98 Å². The number of hydrogen-bond donors (Lipinski definition) is 2. The van der Waals surface area contributed by atoms with E-state index in [-0.39, 0.29) is 5.91 Å². The molecule has 0 aromatic carbocycles. The number of nitrogens with one attached hydrogen (secondary N) is 1. The standard InChI is InChI=1S/C12H18BrN3O/c1-3-4-5-10(14)12(17)16-11-8(2)6-9(13)7-15-11/h6-7,10H,3-5,14H2,1-2H3,(H,15,16,17)/t10-/m0/s1. The van der Waals surface area contributed by atoms with Crippen LogP contribution in [0, 0.1) is 6.92 Å². The van der Waals surface area contributed by atoms with Gasteiger partial charge in [-0.25, -0.2) is 4.98 Å². The summed E-state index contributed by atoms with van der Waals surface area (Å²) in [6.07, 6.45) is 4.36. The number of amides is 1. The van der Waals surface area contributed by atoms with Crippen LogP contribution >= 0.6 is 15.9 Å².